The second-order valence-electron chi connectivity index (χ2n) is 5.80. The number of unbranched alkanes of at least 4 members (excludes halogenated alkanes) is 1. The smallest absolute Gasteiger partial charge is 0.156 e. The number of benzene rings is 1. The number of phenols is 1. The Balaban J connectivity index is 2.11. The van der Waals surface area contributed by atoms with Crippen molar-refractivity contribution >= 4 is 23.2 Å². The third-order valence-corrected chi connectivity index (χ3v) is 3.04. The van der Waals surface area contributed by atoms with Gasteiger partial charge in [-0.3, -0.25) is 10.3 Å². The summed E-state index contributed by atoms with van der Waals surface area (Å²) in [6.45, 7) is 6.86. The maximum absolute atomic E-state index is 9.33. The fourth-order valence-corrected chi connectivity index (χ4v) is 2.09. The highest BCUT2D eigenvalue weighted by atomic mass is 35.5. The van der Waals surface area contributed by atoms with Gasteiger partial charge in [0.2, 0.25) is 0 Å². The van der Waals surface area contributed by atoms with Crippen molar-refractivity contribution in [2.75, 3.05) is 13.2 Å². The summed E-state index contributed by atoms with van der Waals surface area (Å²) < 4.78 is 10.8. The van der Waals surface area contributed by atoms with Crippen molar-refractivity contribution in [3.8, 4) is 11.5 Å². The molecule has 0 atom stereocenters. The summed E-state index contributed by atoms with van der Waals surface area (Å²) >= 11 is 11.9. The van der Waals surface area contributed by atoms with Gasteiger partial charge in [-0.1, -0.05) is 23.2 Å². The van der Waals surface area contributed by atoms with Crippen LogP contribution in [0.15, 0.2) is 24.6 Å². The Bertz CT molecular complexity index is 492. The Kier molecular flexibility index (Phi) is 8.37. The summed E-state index contributed by atoms with van der Waals surface area (Å²) in [6, 6.07) is 2.78. The van der Waals surface area contributed by atoms with Gasteiger partial charge in [0.25, 0.3) is 0 Å². The van der Waals surface area contributed by atoms with Crippen molar-refractivity contribution in [1.29, 1.82) is 0 Å². The Morgan fingerprint density at radius 2 is 1.74 bits per heavy atom. The van der Waals surface area contributed by atoms with E-state index < -0.39 is 0 Å². The van der Waals surface area contributed by atoms with Crippen LogP contribution in [0.2, 0.25) is 10.0 Å². The van der Waals surface area contributed by atoms with Crippen LogP contribution in [0.4, 0.5) is 0 Å². The molecule has 1 rings (SSSR count). The van der Waals surface area contributed by atoms with Crippen molar-refractivity contribution in [2.24, 2.45) is 0 Å². The van der Waals surface area contributed by atoms with Gasteiger partial charge in [-0.15, -0.1) is 0 Å². The highest BCUT2D eigenvalue weighted by Gasteiger charge is 2.09. The normalized spacial score (nSPS) is 11.7. The van der Waals surface area contributed by atoms with Crippen LogP contribution in [-0.2, 0) is 9.57 Å². The molecule has 1 aromatic rings. The number of aromatic hydroxyl groups is 1. The number of rotatable bonds is 9. The second-order valence-corrected chi connectivity index (χ2v) is 6.61. The third kappa shape index (κ3) is 8.79. The summed E-state index contributed by atoms with van der Waals surface area (Å²) in [5.41, 5.74) is 2.43. The zero-order chi connectivity index (χ0) is 17.3. The van der Waals surface area contributed by atoms with Crippen LogP contribution in [0.5, 0.6) is 11.5 Å². The van der Waals surface area contributed by atoms with Gasteiger partial charge in [0.05, 0.1) is 35.1 Å². The molecular weight excluding hydrogens is 341 g/mol. The molecule has 0 aliphatic carbocycles. The average molecular weight is 364 g/mol. The molecule has 0 spiro atoms. The molecule has 0 aliphatic rings. The molecule has 0 unspecified atom stereocenters. The van der Waals surface area contributed by atoms with Gasteiger partial charge in [0.15, 0.2) is 5.75 Å². The lowest BCUT2D eigenvalue weighted by Crippen LogP contribution is -2.25. The second kappa shape index (κ2) is 9.75. The molecule has 0 heterocycles. The molecule has 0 bridgehead atoms. The van der Waals surface area contributed by atoms with E-state index in [1.807, 2.05) is 20.8 Å². The van der Waals surface area contributed by atoms with Crippen molar-refractivity contribution in [2.45, 2.75) is 39.2 Å². The maximum atomic E-state index is 9.33. The van der Waals surface area contributed by atoms with Crippen LogP contribution in [0, 0.1) is 0 Å². The molecular formula is C16H23Cl2NO4. The summed E-state index contributed by atoms with van der Waals surface area (Å²) in [6.07, 6.45) is 4.74. The van der Waals surface area contributed by atoms with Gasteiger partial charge >= 0.3 is 0 Å². The van der Waals surface area contributed by atoms with E-state index in [-0.39, 0.29) is 11.4 Å². The number of phenolic OH excluding ortho intramolecular Hbond substituents is 1. The Labute approximate surface area is 147 Å². The van der Waals surface area contributed by atoms with E-state index in [1.165, 1.54) is 12.1 Å². The number of nitrogens with one attached hydrogen (secondary N) is 1. The quantitative estimate of drug-likeness (QED) is 0.379. The molecule has 5 nitrogen and oxygen atoms in total. The molecule has 0 saturated carbocycles. The topological polar surface area (TPSA) is 60.0 Å². The molecule has 7 heteroatoms. The monoisotopic (exact) mass is 363 g/mol. The van der Waals surface area contributed by atoms with Gasteiger partial charge in [-0.2, -0.15) is 0 Å². The SMILES string of the molecule is CC(C)(C)ONC=COCCCCOc1c(Cl)cc(O)cc1Cl. The molecule has 0 aliphatic heterocycles. The predicted octanol–water partition coefficient (Wildman–Crippen LogP) is 4.67. The first-order chi connectivity index (χ1) is 10.8. The summed E-state index contributed by atoms with van der Waals surface area (Å²) in [4.78, 5) is 5.27. The van der Waals surface area contributed by atoms with Crippen LogP contribution in [0.25, 0.3) is 0 Å². The zero-order valence-corrected chi connectivity index (χ0v) is 15.1. The molecule has 0 amide bonds. The largest absolute Gasteiger partial charge is 0.508 e. The van der Waals surface area contributed by atoms with E-state index in [4.69, 9.17) is 37.5 Å². The van der Waals surface area contributed by atoms with E-state index in [2.05, 4.69) is 5.48 Å². The highest BCUT2D eigenvalue weighted by molar-refractivity contribution is 6.37. The van der Waals surface area contributed by atoms with Crippen molar-refractivity contribution < 1.29 is 19.4 Å². The van der Waals surface area contributed by atoms with Crippen molar-refractivity contribution in [1.82, 2.24) is 5.48 Å². The molecule has 1 aromatic carbocycles. The summed E-state index contributed by atoms with van der Waals surface area (Å²) in [5.74, 6) is 0.395. The van der Waals surface area contributed by atoms with Gasteiger partial charge in [-0.25, -0.2) is 0 Å². The van der Waals surface area contributed by atoms with Gasteiger partial charge in [0.1, 0.15) is 12.0 Å². The first-order valence-electron chi connectivity index (χ1n) is 7.30. The molecule has 0 saturated heterocycles. The molecule has 0 fully saturated rings. The number of hydrogen-bond acceptors (Lipinski definition) is 5. The fourth-order valence-electron chi connectivity index (χ4n) is 1.50. The molecule has 2 N–H and O–H groups in total. The van der Waals surface area contributed by atoms with Crippen LogP contribution in [0.3, 0.4) is 0 Å². The van der Waals surface area contributed by atoms with Gasteiger partial charge < -0.3 is 14.6 Å². The molecule has 23 heavy (non-hydrogen) atoms. The lowest BCUT2D eigenvalue weighted by molar-refractivity contribution is -0.0531. The van der Waals surface area contributed by atoms with E-state index in [0.29, 0.717) is 29.0 Å². The molecule has 130 valence electrons. The number of halogens is 2. The predicted molar refractivity (Wildman–Crippen MR) is 91.9 cm³/mol. The number of ether oxygens (including phenoxy) is 2. The number of hydroxylamine groups is 1. The maximum Gasteiger partial charge on any atom is 0.156 e. The first-order valence-corrected chi connectivity index (χ1v) is 8.06. The first kappa shape index (κ1) is 19.7. The minimum absolute atomic E-state index is 0.0107. The zero-order valence-electron chi connectivity index (χ0n) is 13.6. The standard InChI is InChI=1S/C16H23Cl2NO4/c1-16(2,3)23-19-6-9-21-7-4-5-8-22-15-13(17)10-12(20)11-14(15)18/h6,9-11,19-20H,4-5,7-8H2,1-3H3. The van der Waals surface area contributed by atoms with Crippen molar-refractivity contribution in [3.05, 3.63) is 34.6 Å². The molecule has 0 radical (unpaired) electrons. The van der Waals surface area contributed by atoms with Crippen LogP contribution >= 0.6 is 23.2 Å². The van der Waals surface area contributed by atoms with E-state index in [1.54, 1.807) is 12.5 Å². The minimum atomic E-state index is -0.252. The summed E-state index contributed by atoms with van der Waals surface area (Å²) in [7, 11) is 0. The van der Waals surface area contributed by atoms with E-state index in [0.717, 1.165) is 12.8 Å². The Morgan fingerprint density at radius 3 is 2.35 bits per heavy atom. The highest BCUT2D eigenvalue weighted by Crippen LogP contribution is 2.36. The van der Waals surface area contributed by atoms with Crippen LogP contribution in [0.1, 0.15) is 33.6 Å². The lowest BCUT2D eigenvalue weighted by atomic mass is 10.2. The number of hydrogen-bond donors (Lipinski definition) is 2. The fraction of sp³-hybridized carbons (Fsp3) is 0.500. The van der Waals surface area contributed by atoms with E-state index in [9.17, 15) is 5.11 Å². The van der Waals surface area contributed by atoms with Crippen molar-refractivity contribution in [3.63, 3.8) is 0 Å². The Hall–Kier alpha value is -1.30. The van der Waals surface area contributed by atoms with Crippen LogP contribution < -0.4 is 10.2 Å². The molecule has 0 aromatic heterocycles. The average Bonchev–Trinajstić information content (AvgIpc) is 2.41. The third-order valence-electron chi connectivity index (χ3n) is 2.48. The van der Waals surface area contributed by atoms with Gasteiger partial charge in [0, 0.05) is 12.1 Å². The minimum Gasteiger partial charge on any atom is -0.508 e. The van der Waals surface area contributed by atoms with Gasteiger partial charge in [-0.05, 0) is 33.6 Å². The van der Waals surface area contributed by atoms with Crippen LogP contribution in [-0.4, -0.2) is 23.9 Å². The summed E-state index contributed by atoms with van der Waals surface area (Å²) in [5, 5.41) is 9.91. The Morgan fingerprint density at radius 1 is 1.13 bits per heavy atom. The van der Waals surface area contributed by atoms with E-state index >= 15 is 0 Å². The lowest BCUT2D eigenvalue weighted by Gasteiger charge is -2.17.